The molecule has 0 aliphatic heterocycles. The summed E-state index contributed by atoms with van der Waals surface area (Å²) in [6.45, 7) is 0. The van der Waals surface area contributed by atoms with Gasteiger partial charge in [-0.3, -0.25) is 0 Å². The lowest BCUT2D eigenvalue weighted by Crippen LogP contribution is -2.09. The Bertz CT molecular complexity index is 691. The number of aryl methyl sites for hydroxylation is 1. The molecule has 0 spiro atoms. The number of oxazole rings is 1. The fraction of sp³-hybridized carbons (Fsp3) is 0.182. The summed E-state index contributed by atoms with van der Waals surface area (Å²) in [4.78, 5) is 3.80. The summed E-state index contributed by atoms with van der Waals surface area (Å²) in [5, 5.41) is 3.94. The molecule has 0 bridgehead atoms. The first-order valence-corrected chi connectivity index (χ1v) is 6.15. The minimum Gasteiger partial charge on any atom is -0.434 e. The zero-order valence-electron chi connectivity index (χ0n) is 9.75. The number of hydrogen-bond acceptors (Lipinski definition) is 5. The molecule has 0 amide bonds. The number of para-hydroxylation sites is 2. The summed E-state index contributed by atoms with van der Waals surface area (Å²) < 4.78 is 34.6. The summed E-state index contributed by atoms with van der Waals surface area (Å²) in [5.41, 5.74) is 0.728. The summed E-state index contributed by atoms with van der Waals surface area (Å²) >= 11 is 0.247. The maximum atomic E-state index is 14.1. The van der Waals surface area contributed by atoms with Gasteiger partial charge in [0.25, 0.3) is 5.89 Å². The molecule has 2 aromatic heterocycles. The zero-order chi connectivity index (χ0) is 13.5. The molecule has 8 heteroatoms. The van der Waals surface area contributed by atoms with Gasteiger partial charge >= 0.3 is 5.25 Å². The summed E-state index contributed by atoms with van der Waals surface area (Å²) in [7, 11) is 1.59. The molecule has 3 rings (SSSR count). The minimum atomic E-state index is -3.31. The van der Waals surface area contributed by atoms with Gasteiger partial charge in [0.1, 0.15) is 11.8 Å². The Morgan fingerprint density at radius 3 is 2.79 bits per heavy atom. The number of aromatic nitrogens is 4. The van der Waals surface area contributed by atoms with Crippen molar-refractivity contribution in [2.24, 2.45) is 7.05 Å². The van der Waals surface area contributed by atoms with E-state index >= 15 is 0 Å². The number of rotatable bonds is 3. The molecule has 0 fully saturated rings. The first-order chi connectivity index (χ1) is 9.06. The second-order valence-corrected chi connectivity index (χ2v) is 4.91. The molecular weight excluding hydrogens is 274 g/mol. The Kier molecular flexibility index (Phi) is 2.74. The number of benzene rings is 1. The highest BCUT2D eigenvalue weighted by atomic mass is 32.2. The van der Waals surface area contributed by atoms with Crippen molar-refractivity contribution in [3.8, 4) is 0 Å². The molecule has 0 radical (unpaired) electrons. The molecule has 98 valence electrons. The van der Waals surface area contributed by atoms with Crippen LogP contribution in [0.3, 0.4) is 0 Å². The molecule has 0 unspecified atom stereocenters. The van der Waals surface area contributed by atoms with E-state index in [2.05, 4.69) is 15.2 Å². The third-order valence-corrected chi connectivity index (χ3v) is 3.42. The zero-order valence-corrected chi connectivity index (χ0v) is 10.6. The Labute approximate surface area is 110 Å². The van der Waals surface area contributed by atoms with E-state index in [9.17, 15) is 8.78 Å². The molecule has 2 heterocycles. The Balaban J connectivity index is 1.97. The second-order valence-electron chi connectivity index (χ2n) is 3.83. The molecule has 0 aliphatic rings. The minimum absolute atomic E-state index is 0.0901. The van der Waals surface area contributed by atoms with Gasteiger partial charge in [-0.2, -0.15) is 8.78 Å². The number of alkyl halides is 2. The first kappa shape index (κ1) is 12.1. The average Bonchev–Trinajstić information content (AvgIpc) is 2.96. The van der Waals surface area contributed by atoms with Crippen LogP contribution in [0.4, 0.5) is 8.78 Å². The Morgan fingerprint density at radius 1 is 1.32 bits per heavy atom. The maximum Gasteiger partial charge on any atom is 0.375 e. The Morgan fingerprint density at radius 2 is 2.11 bits per heavy atom. The molecular formula is C11H8F2N4OS. The van der Waals surface area contributed by atoms with Crippen molar-refractivity contribution in [3.63, 3.8) is 0 Å². The van der Waals surface area contributed by atoms with E-state index in [1.165, 1.54) is 10.9 Å². The van der Waals surface area contributed by atoms with Gasteiger partial charge in [0.2, 0.25) is 0 Å². The van der Waals surface area contributed by atoms with Gasteiger partial charge in [-0.1, -0.05) is 12.1 Å². The van der Waals surface area contributed by atoms with Crippen molar-refractivity contribution in [2.45, 2.75) is 10.4 Å². The van der Waals surface area contributed by atoms with E-state index < -0.39 is 11.1 Å². The molecule has 0 aliphatic carbocycles. The topological polar surface area (TPSA) is 56.7 Å². The van der Waals surface area contributed by atoms with E-state index in [1.807, 2.05) is 0 Å². The first-order valence-electron chi connectivity index (χ1n) is 5.33. The fourth-order valence-corrected chi connectivity index (χ4v) is 2.20. The van der Waals surface area contributed by atoms with Crippen molar-refractivity contribution >= 4 is 22.9 Å². The van der Waals surface area contributed by atoms with Gasteiger partial charge in [0.15, 0.2) is 10.7 Å². The van der Waals surface area contributed by atoms with E-state index in [-0.39, 0.29) is 16.9 Å². The highest BCUT2D eigenvalue weighted by Crippen LogP contribution is 2.43. The van der Waals surface area contributed by atoms with E-state index in [4.69, 9.17) is 4.42 Å². The molecule has 0 saturated heterocycles. The van der Waals surface area contributed by atoms with E-state index in [1.54, 1.807) is 31.3 Å². The summed E-state index contributed by atoms with van der Waals surface area (Å²) in [6.07, 6.45) is 1.35. The maximum absolute atomic E-state index is 14.1. The van der Waals surface area contributed by atoms with Crippen LogP contribution >= 0.6 is 11.8 Å². The third kappa shape index (κ3) is 2.19. The number of fused-ring (bicyclic) bond motifs is 1. The van der Waals surface area contributed by atoms with Gasteiger partial charge in [0, 0.05) is 7.05 Å². The fourth-order valence-electron chi connectivity index (χ4n) is 1.52. The lowest BCUT2D eigenvalue weighted by atomic mass is 10.3. The molecule has 0 atom stereocenters. The van der Waals surface area contributed by atoms with Crippen molar-refractivity contribution in [1.82, 2.24) is 19.7 Å². The molecule has 1 aromatic carbocycles. The standard InChI is InChI=1S/C11H8F2N4OS/c1-17-6-14-16-10(17)19-11(12,13)9-15-7-4-2-3-5-8(7)18-9/h2-6H,1H3. The molecule has 5 nitrogen and oxygen atoms in total. The number of nitrogens with zero attached hydrogens (tertiary/aromatic N) is 4. The molecule has 0 N–H and O–H groups in total. The average molecular weight is 282 g/mol. The highest BCUT2D eigenvalue weighted by Gasteiger charge is 2.40. The van der Waals surface area contributed by atoms with Crippen molar-refractivity contribution in [2.75, 3.05) is 0 Å². The van der Waals surface area contributed by atoms with E-state index in [0.29, 0.717) is 11.1 Å². The lowest BCUT2D eigenvalue weighted by Gasteiger charge is -2.10. The van der Waals surface area contributed by atoms with Gasteiger partial charge in [0.05, 0.1) is 0 Å². The number of halogens is 2. The molecule has 0 saturated carbocycles. The van der Waals surface area contributed by atoms with Gasteiger partial charge in [-0.25, -0.2) is 4.98 Å². The van der Waals surface area contributed by atoms with Gasteiger partial charge < -0.3 is 8.98 Å². The summed E-state index contributed by atoms with van der Waals surface area (Å²) in [6, 6.07) is 6.62. The largest absolute Gasteiger partial charge is 0.434 e. The normalized spacial score (nSPS) is 12.2. The van der Waals surface area contributed by atoms with Crippen LogP contribution in [0, 0.1) is 0 Å². The van der Waals surface area contributed by atoms with Crippen LogP contribution in [0.2, 0.25) is 0 Å². The van der Waals surface area contributed by atoms with Crippen LogP contribution in [0.5, 0.6) is 0 Å². The van der Waals surface area contributed by atoms with Crippen LogP contribution in [0.25, 0.3) is 11.1 Å². The predicted molar refractivity (Wildman–Crippen MR) is 64.8 cm³/mol. The second kappa shape index (κ2) is 4.30. The van der Waals surface area contributed by atoms with Crippen LogP contribution < -0.4 is 0 Å². The lowest BCUT2D eigenvalue weighted by molar-refractivity contribution is 0.0731. The third-order valence-electron chi connectivity index (χ3n) is 2.43. The SMILES string of the molecule is Cn1cnnc1SC(F)(F)c1nc2ccccc2o1. The van der Waals surface area contributed by atoms with Crippen LogP contribution in [0.1, 0.15) is 5.89 Å². The van der Waals surface area contributed by atoms with Gasteiger partial charge in [-0.15, -0.1) is 10.2 Å². The van der Waals surface area contributed by atoms with Gasteiger partial charge in [-0.05, 0) is 23.9 Å². The highest BCUT2D eigenvalue weighted by molar-refractivity contribution is 7.99. The van der Waals surface area contributed by atoms with Crippen molar-refractivity contribution < 1.29 is 13.2 Å². The monoisotopic (exact) mass is 282 g/mol. The Hall–Kier alpha value is -1.96. The van der Waals surface area contributed by atoms with Crippen molar-refractivity contribution in [1.29, 1.82) is 0 Å². The van der Waals surface area contributed by atoms with Crippen LogP contribution in [0.15, 0.2) is 40.2 Å². The van der Waals surface area contributed by atoms with Crippen molar-refractivity contribution in [3.05, 3.63) is 36.5 Å². The predicted octanol–water partition coefficient (Wildman–Crippen LogP) is 2.80. The van der Waals surface area contributed by atoms with Crippen LogP contribution in [-0.2, 0) is 12.3 Å². The molecule has 3 aromatic rings. The van der Waals surface area contributed by atoms with Crippen LogP contribution in [-0.4, -0.2) is 19.7 Å². The quantitative estimate of drug-likeness (QED) is 0.691. The molecule has 19 heavy (non-hydrogen) atoms. The number of hydrogen-bond donors (Lipinski definition) is 0. The number of thioether (sulfide) groups is 1. The summed E-state index contributed by atoms with van der Waals surface area (Å²) in [5.74, 6) is -0.637. The van der Waals surface area contributed by atoms with E-state index in [0.717, 1.165) is 0 Å². The smallest absolute Gasteiger partial charge is 0.375 e.